The fourth-order valence-electron chi connectivity index (χ4n) is 2.29. The third-order valence-corrected chi connectivity index (χ3v) is 4.25. The van der Waals surface area contributed by atoms with E-state index in [0.717, 1.165) is 9.75 Å². The molecule has 0 radical (unpaired) electrons. The first-order valence-corrected chi connectivity index (χ1v) is 7.24. The Kier molecular flexibility index (Phi) is 3.55. The Balaban J connectivity index is 1.76. The summed E-state index contributed by atoms with van der Waals surface area (Å²) in [6, 6.07) is 11.9. The van der Waals surface area contributed by atoms with Crippen LogP contribution in [0.25, 0.3) is 0 Å². The van der Waals surface area contributed by atoms with Crippen molar-refractivity contribution < 1.29 is 4.79 Å². The highest BCUT2D eigenvalue weighted by Gasteiger charge is 2.24. The van der Waals surface area contributed by atoms with Crippen molar-refractivity contribution in [3.8, 4) is 11.8 Å². The number of carbonyl (C=O) groups is 1. The Morgan fingerprint density at radius 1 is 1.20 bits per heavy atom. The maximum Gasteiger partial charge on any atom is 0.264 e. The molecule has 0 unspecified atom stereocenters. The first-order valence-electron chi connectivity index (χ1n) is 6.43. The van der Waals surface area contributed by atoms with Crippen LogP contribution in [0.5, 0.6) is 0 Å². The average Bonchev–Trinajstić information content (AvgIpc) is 3.10. The van der Waals surface area contributed by atoms with Crippen molar-refractivity contribution in [3.05, 3.63) is 57.3 Å². The maximum absolute atomic E-state index is 12.5. The summed E-state index contributed by atoms with van der Waals surface area (Å²) in [5.74, 6) is 5.84. The van der Waals surface area contributed by atoms with Gasteiger partial charge in [0.25, 0.3) is 5.91 Å². The highest BCUT2D eigenvalue weighted by atomic mass is 32.1. The van der Waals surface area contributed by atoms with Gasteiger partial charge in [-0.15, -0.1) is 11.3 Å². The predicted octanol–water partition coefficient (Wildman–Crippen LogP) is 2.21. The molecule has 0 bridgehead atoms. The van der Waals surface area contributed by atoms with E-state index in [1.807, 2.05) is 29.2 Å². The highest BCUT2D eigenvalue weighted by molar-refractivity contribution is 7.14. The summed E-state index contributed by atoms with van der Waals surface area (Å²) in [5, 5.41) is 0. The molecule has 2 N–H and O–H groups in total. The van der Waals surface area contributed by atoms with E-state index in [0.29, 0.717) is 19.6 Å². The Labute approximate surface area is 122 Å². The molecule has 2 aromatic rings. The molecule has 1 aromatic carbocycles. The largest absolute Gasteiger partial charge is 0.329 e. The van der Waals surface area contributed by atoms with Crippen LogP contribution in [0.2, 0.25) is 0 Å². The lowest BCUT2D eigenvalue weighted by Gasteiger charge is -2.13. The number of hydrogen-bond acceptors (Lipinski definition) is 3. The van der Waals surface area contributed by atoms with Crippen LogP contribution in [-0.2, 0) is 13.1 Å². The molecule has 0 fully saturated rings. The SMILES string of the molecule is NCC#Cc1ccc(C(=O)N2Cc3ccccc3C2)s1. The monoisotopic (exact) mass is 282 g/mol. The molecule has 2 heterocycles. The van der Waals surface area contributed by atoms with Gasteiger partial charge in [0.1, 0.15) is 0 Å². The Morgan fingerprint density at radius 3 is 2.55 bits per heavy atom. The summed E-state index contributed by atoms with van der Waals surface area (Å²) in [5.41, 5.74) is 7.82. The molecule has 1 aromatic heterocycles. The molecule has 0 saturated heterocycles. The highest BCUT2D eigenvalue weighted by Crippen LogP contribution is 2.26. The molecule has 0 aliphatic carbocycles. The van der Waals surface area contributed by atoms with E-state index in [1.54, 1.807) is 0 Å². The van der Waals surface area contributed by atoms with E-state index < -0.39 is 0 Å². The van der Waals surface area contributed by atoms with Crippen molar-refractivity contribution in [1.29, 1.82) is 0 Å². The topological polar surface area (TPSA) is 46.3 Å². The van der Waals surface area contributed by atoms with Crippen LogP contribution in [0.3, 0.4) is 0 Å². The zero-order valence-electron chi connectivity index (χ0n) is 10.9. The number of thiophene rings is 1. The normalized spacial score (nSPS) is 12.8. The number of carbonyl (C=O) groups excluding carboxylic acids is 1. The van der Waals surface area contributed by atoms with Crippen LogP contribution in [-0.4, -0.2) is 17.4 Å². The summed E-state index contributed by atoms with van der Waals surface area (Å²) in [6.45, 7) is 1.72. The van der Waals surface area contributed by atoms with Crippen LogP contribution in [0.4, 0.5) is 0 Å². The van der Waals surface area contributed by atoms with Gasteiger partial charge in [-0.25, -0.2) is 0 Å². The van der Waals surface area contributed by atoms with Crippen LogP contribution in [0.15, 0.2) is 36.4 Å². The van der Waals surface area contributed by atoms with Gasteiger partial charge in [0, 0.05) is 13.1 Å². The van der Waals surface area contributed by atoms with Crippen LogP contribution >= 0.6 is 11.3 Å². The summed E-state index contributed by atoms with van der Waals surface area (Å²) in [4.78, 5) is 16.0. The van der Waals surface area contributed by atoms with Crippen molar-refractivity contribution in [2.75, 3.05) is 6.54 Å². The van der Waals surface area contributed by atoms with Crippen molar-refractivity contribution in [3.63, 3.8) is 0 Å². The molecule has 0 spiro atoms. The number of nitrogens with two attached hydrogens (primary N) is 1. The van der Waals surface area contributed by atoms with Crippen LogP contribution in [0, 0.1) is 11.8 Å². The number of hydrogen-bond donors (Lipinski definition) is 1. The molecule has 100 valence electrons. The van der Waals surface area contributed by atoms with Crippen molar-refractivity contribution >= 4 is 17.2 Å². The van der Waals surface area contributed by atoms with E-state index >= 15 is 0 Å². The first kappa shape index (κ1) is 12.9. The Hall–Kier alpha value is -2.09. The third-order valence-electron chi connectivity index (χ3n) is 3.26. The molecular formula is C16H14N2OS. The Bertz CT molecular complexity index is 684. The summed E-state index contributed by atoms with van der Waals surface area (Å²) < 4.78 is 0. The van der Waals surface area contributed by atoms with Gasteiger partial charge in [-0.05, 0) is 23.3 Å². The van der Waals surface area contributed by atoms with Crippen LogP contribution < -0.4 is 5.73 Å². The van der Waals surface area contributed by atoms with E-state index in [4.69, 9.17) is 5.73 Å². The average molecular weight is 282 g/mol. The molecule has 3 rings (SSSR count). The quantitative estimate of drug-likeness (QED) is 0.815. The van der Waals surface area contributed by atoms with Gasteiger partial charge in [-0.2, -0.15) is 0 Å². The molecule has 1 amide bonds. The second-order valence-electron chi connectivity index (χ2n) is 4.60. The molecule has 1 aliphatic rings. The standard InChI is InChI=1S/C16H14N2OS/c17-9-3-6-14-7-8-15(20-14)16(19)18-10-12-4-1-2-5-13(12)11-18/h1-2,4-5,7-8H,9-11,17H2. The van der Waals surface area contributed by atoms with Gasteiger partial charge < -0.3 is 10.6 Å². The maximum atomic E-state index is 12.5. The second kappa shape index (κ2) is 5.49. The summed E-state index contributed by atoms with van der Waals surface area (Å²) in [7, 11) is 0. The molecule has 0 atom stereocenters. The first-order chi connectivity index (χ1) is 9.78. The van der Waals surface area contributed by atoms with E-state index in [9.17, 15) is 4.79 Å². The number of nitrogens with zero attached hydrogens (tertiary/aromatic N) is 1. The molecule has 0 saturated carbocycles. The van der Waals surface area contributed by atoms with Gasteiger partial charge in [0.05, 0.1) is 16.3 Å². The fraction of sp³-hybridized carbons (Fsp3) is 0.188. The van der Waals surface area contributed by atoms with Crippen molar-refractivity contribution in [2.24, 2.45) is 5.73 Å². The van der Waals surface area contributed by atoms with Gasteiger partial charge >= 0.3 is 0 Å². The lowest BCUT2D eigenvalue weighted by Crippen LogP contribution is -2.24. The van der Waals surface area contributed by atoms with Gasteiger partial charge in [0.2, 0.25) is 0 Å². The van der Waals surface area contributed by atoms with Crippen LogP contribution in [0.1, 0.15) is 25.7 Å². The number of rotatable bonds is 1. The second-order valence-corrected chi connectivity index (χ2v) is 5.68. The summed E-state index contributed by atoms with van der Waals surface area (Å²) >= 11 is 1.43. The number of benzene rings is 1. The van der Waals surface area contributed by atoms with E-state index in [2.05, 4.69) is 24.0 Å². The minimum Gasteiger partial charge on any atom is -0.329 e. The minimum atomic E-state index is 0.0759. The fourth-order valence-corrected chi connectivity index (χ4v) is 3.14. The number of amides is 1. The lowest BCUT2D eigenvalue weighted by atomic mass is 10.1. The van der Waals surface area contributed by atoms with Crippen molar-refractivity contribution in [2.45, 2.75) is 13.1 Å². The molecule has 1 aliphatic heterocycles. The Morgan fingerprint density at radius 2 is 1.90 bits per heavy atom. The van der Waals surface area contributed by atoms with E-state index in [-0.39, 0.29) is 5.91 Å². The zero-order chi connectivity index (χ0) is 13.9. The smallest absolute Gasteiger partial charge is 0.264 e. The minimum absolute atomic E-state index is 0.0759. The van der Waals surface area contributed by atoms with Gasteiger partial charge in [0.15, 0.2) is 0 Å². The summed E-state index contributed by atoms with van der Waals surface area (Å²) in [6.07, 6.45) is 0. The molecule has 20 heavy (non-hydrogen) atoms. The third kappa shape index (κ3) is 2.46. The predicted molar refractivity (Wildman–Crippen MR) is 80.3 cm³/mol. The van der Waals surface area contributed by atoms with Crippen molar-refractivity contribution in [1.82, 2.24) is 4.90 Å². The lowest BCUT2D eigenvalue weighted by molar-refractivity contribution is 0.0756. The molecule has 3 nitrogen and oxygen atoms in total. The molecule has 4 heteroatoms. The molecular weight excluding hydrogens is 268 g/mol. The van der Waals surface area contributed by atoms with Gasteiger partial charge in [-0.1, -0.05) is 36.1 Å². The number of fused-ring (bicyclic) bond motifs is 1. The zero-order valence-corrected chi connectivity index (χ0v) is 11.7. The van der Waals surface area contributed by atoms with E-state index in [1.165, 1.54) is 22.5 Å². The van der Waals surface area contributed by atoms with Gasteiger partial charge in [-0.3, -0.25) is 4.79 Å².